The van der Waals surface area contributed by atoms with Gasteiger partial charge in [-0.25, -0.2) is 19.8 Å². The maximum atomic E-state index is 7.72. The number of nitrogens with zero attached hydrogens (tertiary/aromatic N) is 5. The molecule has 0 aliphatic rings. The Balaban J connectivity index is 1.00. The standard InChI is InChI=1S/C58H35N5/c1-59-42-30-32-55-52(34-42)51-33-41(29-31-54(51)63(55)43-19-9-4-10-20-43)37-25-27-38(28-26-37)48-35-49-46-23-13-14-24-47(46)53(36-50(49)45-22-12-11-21-44(45)48)58-61-56(39-15-5-2-6-16-39)60-57(62-58)40-17-7-3-8-18-40/h2-36H. The third-order valence-corrected chi connectivity index (χ3v) is 12.2. The molecule has 12 rings (SSSR count). The van der Waals surface area contributed by atoms with Crippen molar-refractivity contribution in [3.8, 4) is 62.1 Å². The molecule has 10 aromatic carbocycles. The number of para-hydroxylation sites is 1. The second-order valence-corrected chi connectivity index (χ2v) is 15.9. The van der Waals surface area contributed by atoms with Gasteiger partial charge in [-0.1, -0.05) is 164 Å². The molecule has 0 spiro atoms. The molecule has 0 saturated heterocycles. The topological polar surface area (TPSA) is 48.0 Å². The highest BCUT2D eigenvalue weighted by atomic mass is 15.0. The zero-order chi connectivity index (χ0) is 41.9. The van der Waals surface area contributed by atoms with E-state index in [1.54, 1.807) is 0 Å². The molecule has 5 heteroatoms. The molecular formula is C58H35N5. The van der Waals surface area contributed by atoms with Gasteiger partial charge in [0.25, 0.3) is 0 Å². The molecule has 0 amide bonds. The average molecular weight is 802 g/mol. The Bertz CT molecular complexity index is 3720. The minimum Gasteiger partial charge on any atom is -0.309 e. The van der Waals surface area contributed by atoms with Crippen molar-refractivity contribution in [3.05, 3.63) is 224 Å². The molecule has 0 aliphatic carbocycles. The van der Waals surface area contributed by atoms with E-state index < -0.39 is 0 Å². The maximum absolute atomic E-state index is 7.72. The fraction of sp³-hybridized carbons (Fsp3) is 0. The van der Waals surface area contributed by atoms with Crippen LogP contribution in [0.4, 0.5) is 5.69 Å². The predicted octanol–water partition coefficient (Wildman–Crippen LogP) is 15.3. The largest absolute Gasteiger partial charge is 0.309 e. The van der Waals surface area contributed by atoms with Crippen LogP contribution in [0.3, 0.4) is 0 Å². The van der Waals surface area contributed by atoms with E-state index in [1.165, 1.54) is 21.7 Å². The van der Waals surface area contributed by atoms with Gasteiger partial charge in [0, 0.05) is 27.8 Å². The fourth-order valence-corrected chi connectivity index (χ4v) is 9.26. The minimum absolute atomic E-state index is 0.635. The smallest absolute Gasteiger partial charge is 0.188 e. The second-order valence-electron chi connectivity index (χ2n) is 15.9. The number of rotatable bonds is 6. The SMILES string of the molecule is [C-]#[N+]c1ccc2c(c1)c1cc(-c3ccc(-c4cc5c6ccccc6c(-c6nc(-c7ccccc7)nc(-c7ccccc7)n6)cc5c5ccccc45)cc3)ccc1n2-c1ccccc1. The second kappa shape index (κ2) is 14.8. The predicted molar refractivity (Wildman–Crippen MR) is 260 cm³/mol. The van der Waals surface area contributed by atoms with Crippen molar-refractivity contribution in [1.29, 1.82) is 0 Å². The number of hydrogen-bond donors (Lipinski definition) is 0. The molecule has 0 bridgehead atoms. The fourth-order valence-electron chi connectivity index (χ4n) is 9.26. The van der Waals surface area contributed by atoms with Crippen molar-refractivity contribution in [2.45, 2.75) is 0 Å². The van der Waals surface area contributed by atoms with E-state index in [2.05, 4.69) is 143 Å². The van der Waals surface area contributed by atoms with Gasteiger partial charge in [-0.2, -0.15) is 0 Å². The first-order valence-corrected chi connectivity index (χ1v) is 21.0. The highest BCUT2D eigenvalue weighted by Crippen LogP contribution is 2.43. The Morgan fingerprint density at radius 3 is 1.38 bits per heavy atom. The van der Waals surface area contributed by atoms with E-state index in [4.69, 9.17) is 21.5 Å². The first-order chi connectivity index (χ1) is 31.2. The molecule has 2 aromatic heterocycles. The van der Waals surface area contributed by atoms with Crippen LogP contribution in [-0.2, 0) is 0 Å². The van der Waals surface area contributed by atoms with Gasteiger partial charge in [-0.05, 0) is 108 Å². The lowest BCUT2D eigenvalue weighted by atomic mass is 9.88. The summed E-state index contributed by atoms with van der Waals surface area (Å²) < 4.78 is 2.29. The highest BCUT2D eigenvalue weighted by molar-refractivity contribution is 6.23. The monoisotopic (exact) mass is 801 g/mol. The number of fused-ring (bicyclic) bond motifs is 8. The Morgan fingerprint density at radius 2 is 0.778 bits per heavy atom. The van der Waals surface area contributed by atoms with Crippen LogP contribution in [-0.4, -0.2) is 19.5 Å². The van der Waals surface area contributed by atoms with Gasteiger partial charge in [0.2, 0.25) is 0 Å². The molecular weight excluding hydrogens is 767 g/mol. The zero-order valence-electron chi connectivity index (χ0n) is 33.9. The average Bonchev–Trinajstić information content (AvgIpc) is 3.69. The first kappa shape index (κ1) is 36.2. The molecule has 0 atom stereocenters. The number of benzene rings is 10. The Labute approximate surface area is 363 Å². The van der Waals surface area contributed by atoms with Gasteiger partial charge in [0.1, 0.15) is 0 Å². The molecule has 0 unspecified atom stereocenters. The quantitative estimate of drug-likeness (QED) is 0.124. The molecule has 63 heavy (non-hydrogen) atoms. The van der Waals surface area contributed by atoms with Crippen molar-refractivity contribution in [2.75, 3.05) is 0 Å². The van der Waals surface area contributed by atoms with Crippen LogP contribution in [0.5, 0.6) is 0 Å². The molecule has 5 nitrogen and oxygen atoms in total. The molecule has 0 fully saturated rings. The summed E-state index contributed by atoms with van der Waals surface area (Å²) in [7, 11) is 0. The third kappa shape index (κ3) is 6.12. The zero-order valence-corrected chi connectivity index (χ0v) is 33.9. The summed E-state index contributed by atoms with van der Waals surface area (Å²) in [5, 5.41) is 9.08. The van der Waals surface area contributed by atoms with Crippen LogP contribution >= 0.6 is 0 Å². The van der Waals surface area contributed by atoms with Crippen molar-refractivity contribution < 1.29 is 0 Å². The minimum atomic E-state index is 0.635. The van der Waals surface area contributed by atoms with Crippen LogP contribution in [0.15, 0.2) is 212 Å². The highest BCUT2D eigenvalue weighted by Gasteiger charge is 2.19. The summed E-state index contributed by atoms with van der Waals surface area (Å²) >= 11 is 0. The lowest BCUT2D eigenvalue weighted by Crippen LogP contribution is -2.00. The van der Waals surface area contributed by atoms with E-state index in [1.807, 2.05) is 78.9 Å². The third-order valence-electron chi connectivity index (χ3n) is 12.2. The van der Waals surface area contributed by atoms with Crippen LogP contribution in [0.2, 0.25) is 0 Å². The normalized spacial score (nSPS) is 11.5. The number of aromatic nitrogens is 4. The lowest BCUT2D eigenvalue weighted by molar-refractivity contribution is 1.08. The summed E-state index contributed by atoms with van der Waals surface area (Å²) in [5.41, 5.74) is 11.3. The van der Waals surface area contributed by atoms with E-state index in [0.717, 1.165) is 77.0 Å². The lowest BCUT2D eigenvalue weighted by Gasteiger charge is -2.16. The molecule has 0 N–H and O–H groups in total. The molecule has 0 saturated carbocycles. The van der Waals surface area contributed by atoms with Crippen molar-refractivity contribution in [2.24, 2.45) is 0 Å². The van der Waals surface area contributed by atoms with Gasteiger partial charge in [-0.15, -0.1) is 0 Å². The first-order valence-electron chi connectivity index (χ1n) is 21.0. The molecule has 0 aliphatic heterocycles. The van der Waals surface area contributed by atoms with E-state index in [0.29, 0.717) is 23.2 Å². The summed E-state index contributed by atoms with van der Waals surface area (Å²) in [5.74, 6) is 1.92. The van der Waals surface area contributed by atoms with Gasteiger partial charge < -0.3 is 4.57 Å². The van der Waals surface area contributed by atoms with Crippen molar-refractivity contribution in [1.82, 2.24) is 19.5 Å². The van der Waals surface area contributed by atoms with Crippen LogP contribution in [0.25, 0.3) is 121 Å². The van der Waals surface area contributed by atoms with E-state index >= 15 is 0 Å². The van der Waals surface area contributed by atoms with Gasteiger partial charge >= 0.3 is 0 Å². The van der Waals surface area contributed by atoms with E-state index in [-0.39, 0.29) is 0 Å². The Morgan fingerprint density at radius 1 is 0.317 bits per heavy atom. The Kier molecular flexibility index (Phi) is 8.48. The van der Waals surface area contributed by atoms with Crippen LogP contribution in [0.1, 0.15) is 0 Å². The summed E-state index contributed by atoms with van der Waals surface area (Å²) in [4.78, 5) is 19.0. The van der Waals surface area contributed by atoms with Crippen molar-refractivity contribution >= 4 is 59.8 Å². The molecule has 2 heterocycles. The Hall–Kier alpha value is -8.72. The van der Waals surface area contributed by atoms with Gasteiger partial charge in [0.05, 0.1) is 17.6 Å². The molecule has 292 valence electrons. The van der Waals surface area contributed by atoms with Crippen LogP contribution < -0.4 is 0 Å². The van der Waals surface area contributed by atoms with Crippen LogP contribution in [0, 0.1) is 6.57 Å². The molecule has 0 radical (unpaired) electrons. The van der Waals surface area contributed by atoms with E-state index in [9.17, 15) is 0 Å². The van der Waals surface area contributed by atoms with Gasteiger partial charge in [0.15, 0.2) is 23.2 Å². The maximum Gasteiger partial charge on any atom is 0.188 e. The van der Waals surface area contributed by atoms with Crippen molar-refractivity contribution in [3.63, 3.8) is 0 Å². The summed E-state index contributed by atoms with van der Waals surface area (Å²) in [6, 6.07) is 74.3. The number of hydrogen-bond acceptors (Lipinski definition) is 3. The molecule has 12 aromatic rings. The summed E-state index contributed by atoms with van der Waals surface area (Å²) in [6.07, 6.45) is 0. The van der Waals surface area contributed by atoms with Gasteiger partial charge in [-0.3, -0.25) is 0 Å². The summed E-state index contributed by atoms with van der Waals surface area (Å²) in [6.45, 7) is 7.72.